The first kappa shape index (κ1) is 11.4. The molecule has 1 fully saturated rings. The molecule has 6 nitrogen and oxygen atoms in total. The maximum absolute atomic E-state index is 11.6. The third-order valence-electron chi connectivity index (χ3n) is 2.22. The van der Waals surface area contributed by atoms with Crippen LogP contribution in [0.5, 0.6) is 0 Å². The second-order valence-corrected chi connectivity index (χ2v) is 3.51. The summed E-state index contributed by atoms with van der Waals surface area (Å²) in [6.07, 6.45) is 0. The third-order valence-corrected chi connectivity index (χ3v) is 2.22. The van der Waals surface area contributed by atoms with Gasteiger partial charge in [0.25, 0.3) is 0 Å². The minimum absolute atomic E-state index is 0.0385. The molecule has 1 atom stereocenters. The van der Waals surface area contributed by atoms with Gasteiger partial charge in [-0.3, -0.25) is 19.3 Å². The molecular formula is C9H12N2O4. The van der Waals surface area contributed by atoms with Gasteiger partial charge in [0.2, 0.25) is 17.7 Å². The lowest BCUT2D eigenvalue weighted by Gasteiger charge is -2.33. The first-order valence-electron chi connectivity index (χ1n) is 4.53. The molecule has 0 radical (unpaired) electrons. The predicted molar refractivity (Wildman–Crippen MR) is 49.5 cm³/mol. The van der Waals surface area contributed by atoms with Gasteiger partial charge in [-0.05, 0) is 0 Å². The number of nitrogens with zero attached hydrogens (tertiary/aromatic N) is 2. The summed E-state index contributed by atoms with van der Waals surface area (Å²) >= 11 is 0. The lowest BCUT2D eigenvalue weighted by molar-refractivity contribution is -0.146. The highest BCUT2D eigenvalue weighted by atomic mass is 16.2. The number of hydrogen-bond acceptors (Lipinski definition) is 4. The number of urea groups is 1. The molecule has 1 aliphatic heterocycles. The summed E-state index contributed by atoms with van der Waals surface area (Å²) in [5.41, 5.74) is 0. The van der Waals surface area contributed by atoms with Crippen LogP contribution in [0, 0.1) is 5.92 Å². The van der Waals surface area contributed by atoms with Crippen LogP contribution in [0.1, 0.15) is 20.8 Å². The van der Waals surface area contributed by atoms with Crippen molar-refractivity contribution in [2.45, 2.75) is 20.8 Å². The average Bonchev–Trinajstić information content (AvgIpc) is 2.10. The molecule has 1 aliphatic rings. The highest BCUT2D eigenvalue weighted by molar-refractivity contribution is 6.14. The van der Waals surface area contributed by atoms with E-state index in [0.717, 1.165) is 11.8 Å². The van der Waals surface area contributed by atoms with Crippen LogP contribution in [0.3, 0.4) is 0 Å². The van der Waals surface area contributed by atoms with Gasteiger partial charge in [0.05, 0.1) is 5.92 Å². The molecule has 1 unspecified atom stereocenters. The summed E-state index contributed by atoms with van der Waals surface area (Å²) in [5, 5.41) is 0. The van der Waals surface area contributed by atoms with Crippen LogP contribution in [0.4, 0.5) is 4.79 Å². The number of imide groups is 4. The molecule has 0 aromatic carbocycles. The number of rotatable bonds is 0. The summed E-state index contributed by atoms with van der Waals surface area (Å²) in [7, 11) is 0. The van der Waals surface area contributed by atoms with E-state index in [1.807, 2.05) is 0 Å². The summed E-state index contributed by atoms with van der Waals surface area (Å²) in [6, 6.07) is -0.849. The average molecular weight is 212 g/mol. The summed E-state index contributed by atoms with van der Waals surface area (Å²) in [5.74, 6) is -2.21. The molecular weight excluding hydrogens is 200 g/mol. The van der Waals surface area contributed by atoms with E-state index >= 15 is 0 Å². The molecule has 15 heavy (non-hydrogen) atoms. The molecule has 0 aromatic heterocycles. The van der Waals surface area contributed by atoms with Gasteiger partial charge in [-0.25, -0.2) is 4.79 Å². The van der Waals surface area contributed by atoms with Gasteiger partial charge in [0.1, 0.15) is 0 Å². The van der Waals surface area contributed by atoms with Crippen LogP contribution >= 0.6 is 0 Å². The molecule has 0 aliphatic carbocycles. The number of carbonyl (C=O) groups is 4. The van der Waals surface area contributed by atoms with Gasteiger partial charge in [-0.15, -0.1) is 0 Å². The van der Waals surface area contributed by atoms with Gasteiger partial charge in [0, 0.05) is 20.4 Å². The van der Waals surface area contributed by atoms with Crippen LogP contribution < -0.4 is 0 Å². The molecule has 5 amide bonds. The molecule has 0 aromatic rings. The Balaban J connectivity index is 3.05. The number of hydrogen-bond donors (Lipinski definition) is 0. The fraction of sp³-hybridized carbons (Fsp3) is 0.556. The molecule has 0 saturated carbocycles. The monoisotopic (exact) mass is 212 g/mol. The Bertz CT molecular complexity index is 350. The Morgan fingerprint density at radius 3 is 2.13 bits per heavy atom. The van der Waals surface area contributed by atoms with E-state index in [1.165, 1.54) is 6.92 Å². The van der Waals surface area contributed by atoms with Crippen LogP contribution in [-0.2, 0) is 14.4 Å². The predicted octanol–water partition coefficient (Wildman–Crippen LogP) is -0.0203. The normalized spacial score (nSPS) is 21.9. The Morgan fingerprint density at radius 2 is 1.73 bits per heavy atom. The van der Waals surface area contributed by atoms with Crippen LogP contribution in [-0.4, -0.2) is 40.1 Å². The fourth-order valence-electron chi connectivity index (χ4n) is 1.42. The second kappa shape index (κ2) is 3.80. The highest BCUT2D eigenvalue weighted by Gasteiger charge is 2.40. The minimum atomic E-state index is -0.849. The maximum Gasteiger partial charge on any atom is 0.340 e. The number of carbonyl (C=O) groups excluding carboxylic acids is 4. The topological polar surface area (TPSA) is 74.8 Å². The zero-order chi connectivity index (χ0) is 11.7. The SMILES string of the molecule is CC(=O)N1CC(C)C(=O)N(C(C)=O)C1=O. The van der Waals surface area contributed by atoms with Crippen LogP contribution in [0.15, 0.2) is 0 Å². The minimum Gasteiger partial charge on any atom is -0.275 e. The van der Waals surface area contributed by atoms with Gasteiger partial charge in [-0.1, -0.05) is 6.92 Å². The number of amides is 5. The molecule has 1 rings (SSSR count). The van der Waals surface area contributed by atoms with E-state index < -0.39 is 29.7 Å². The first-order valence-corrected chi connectivity index (χ1v) is 4.53. The van der Waals surface area contributed by atoms with E-state index in [9.17, 15) is 19.2 Å². The Kier molecular flexibility index (Phi) is 2.88. The maximum atomic E-state index is 11.6. The quantitative estimate of drug-likeness (QED) is 0.565. The van der Waals surface area contributed by atoms with Crippen molar-refractivity contribution < 1.29 is 19.2 Å². The van der Waals surface area contributed by atoms with E-state index in [1.54, 1.807) is 6.92 Å². The van der Waals surface area contributed by atoms with Crippen molar-refractivity contribution in [1.82, 2.24) is 9.80 Å². The molecule has 0 spiro atoms. The molecule has 0 N–H and O–H groups in total. The summed E-state index contributed by atoms with van der Waals surface area (Å²) < 4.78 is 0. The van der Waals surface area contributed by atoms with Gasteiger partial charge >= 0.3 is 6.03 Å². The van der Waals surface area contributed by atoms with Crippen molar-refractivity contribution in [2.24, 2.45) is 5.92 Å². The first-order chi connectivity index (χ1) is 6.86. The molecule has 6 heteroatoms. The Hall–Kier alpha value is -1.72. The lowest BCUT2D eigenvalue weighted by Crippen LogP contribution is -2.58. The molecule has 1 saturated heterocycles. The summed E-state index contributed by atoms with van der Waals surface area (Å²) in [4.78, 5) is 46.6. The van der Waals surface area contributed by atoms with Crippen molar-refractivity contribution in [3.63, 3.8) is 0 Å². The molecule has 82 valence electrons. The van der Waals surface area contributed by atoms with Crippen molar-refractivity contribution >= 4 is 23.8 Å². The largest absolute Gasteiger partial charge is 0.340 e. The van der Waals surface area contributed by atoms with Gasteiger partial charge in [-0.2, -0.15) is 4.90 Å². The van der Waals surface area contributed by atoms with Gasteiger partial charge < -0.3 is 0 Å². The Labute approximate surface area is 86.8 Å². The van der Waals surface area contributed by atoms with Crippen molar-refractivity contribution in [3.05, 3.63) is 0 Å². The van der Waals surface area contributed by atoms with E-state index in [-0.39, 0.29) is 6.54 Å². The van der Waals surface area contributed by atoms with Crippen LogP contribution in [0.25, 0.3) is 0 Å². The van der Waals surface area contributed by atoms with Crippen molar-refractivity contribution in [3.8, 4) is 0 Å². The van der Waals surface area contributed by atoms with Crippen molar-refractivity contribution in [1.29, 1.82) is 0 Å². The summed E-state index contributed by atoms with van der Waals surface area (Å²) in [6.45, 7) is 3.95. The van der Waals surface area contributed by atoms with Crippen molar-refractivity contribution in [2.75, 3.05) is 6.54 Å². The smallest absolute Gasteiger partial charge is 0.275 e. The second-order valence-electron chi connectivity index (χ2n) is 3.51. The zero-order valence-electron chi connectivity index (χ0n) is 8.81. The van der Waals surface area contributed by atoms with E-state index in [4.69, 9.17) is 0 Å². The lowest BCUT2D eigenvalue weighted by atomic mass is 10.1. The zero-order valence-corrected chi connectivity index (χ0v) is 8.81. The molecule has 0 bridgehead atoms. The van der Waals surface area contributed by atoms with E-state index in [0.29, 0.717) is 4.90 Å². The Morgan fingerprint density at radius 1 is 1.20 bits per heavy atom. The van der Waals surface area contributed by atoms with Gasteiger partial charge in [0.15, 0.2) is 0 Å². The molecule has 1 heterocycles. The highest BCUT2D eigenvalue weighted by Crippen LogP contribution is 2.16. The standard InChI is InChI=1S/C9H12N2O4/c1-5-4-10(6(2)12)9(15)11(7(3)13)8(5)14/h5H,4H2,1-3H3. The van der Waals surface area contributed by atoms with Crippen LogP contribution in [0.2, 0.25) is 0 Å². The fourth-order valence-corrected chi connectivity index (χ4v) is 1.42. The van der Waals surface area contributed by atoms with E-state index in [2.05, 4.69) is 0 Å². The third kappa shape index (κ3) is 1.88.